The van der Waals surface area contributed by atoms with Crippen molar-refractivity contribution in [3.05, 3.63) is 11.1 Å². The standard InChI is InChI=1S/C14H23O7P/c1-3-10(2)6-4-5-7-12(15)13-11(8-20-14(13)16)9-21-22(17,18)19/h10H,3-9H2,1-2H3,(H2,17,18,19). The third-order valence-electron chi connectivity index (χ3n) is 3.67. The van der Waals surface area contributed by atoms with E-state index < -0.39 is 20.4 Å². The van der Waals surface area contributed by atoms with Crippen LogP contribution in [-0.4, -0.2) is 34.8 Å². The number of cyclic esters (lactones) is 1. The van der Waals surface area contributed by atoms with Gasteiger partial charge in [-0.1, -0.05) is 33.1 Å². The second-order valence-electron chi connectivity index (χ2n) is 5.50. The topological polar surface area (TPSA) is 110 Å². The predicted octanol–water partition coefficient (Wildman–Crippen LogP) is 2.12. The lowest BCUT2D eigenvalue weighted by Crippen LogP contribution is -2.12. The van der Waals surface area contributed by atoms with Crippen LogP contribution in [0, 0.1) is 5.92 Å². The summed E-state index contributed by atoms with van der Waals surface area (Å²) < 4.78 is 19.8. The van der Waals surface area contributed by atoms with Gasteiger partial charge < -0.3 is 14.5 Å². The van der Waals surface area contributed by atoms with Gasteiger partial charge in [-0.2, -0.15) is 0 Å². The van der Waals surface area contributed by atoms with E-state index >= 15 is 0 Å². The number of ketones is 1. The molecule has 1 rings (SSSR count). The second kappa shape index (κ2) is 8.58. The van der Waals surface area contributed by atoms with Gasteiger partial charge in [-0.15, -0.1) is 0 Å². The minimum atomic E-state index is -4.65. The van der Waals surface area contributed by atoms with Gasteiger partial charge in [0, 0.05) is 12.0 Å². The van der Waals surface area contributed by atoms with Crippen LogP contribution in [0.15, 0.2) is 11.1 Å². The third kappa shape index (κ3) is 6.40. The number of phosphoric acid groups is 1. The average Bonchev–Trinajstić information content (AvgIpc) is 2.81. The molecule has 22 heavy (non-hydrogen) atoms. The number of phosphoric ester groups is 1. The molecule has 0 amide bonds. The van der Waals surface area contributed by atoms with Gasteiger partial charge in [0.25, 0.3) is 0 Å². The molecule has 0 aliphatic carbocycles. The molecule has 1 heterocycles. The monoisotopic (exact) mass is 334 g/mol. The fourth-order valence-corrected chi connectivity index (χ4v) is 2.46. The zero-order chi connectivity index (χ0) is 16.8. The Kier molecular flexibility index (Phi) is 7.42. The number of unbranched alkanes of at least 4 members (excludes halogenated alkanes) is 1. The first-order valence-corrected chi connectivity index (χ1v) is 8.90. The van der Waals surface area contributed by atoms with Crippen LogP contribution in [0.5, 0.6) is 0 Å². The summed E-state index contributed by atoms with van der Waals surface area (Å²) in [6, 6.07) is 0. The highest BCUT2D eigenvalue weighted by molar-refractivity contribution is 7.46. The SMILES string of the molecule is CCC(C)CCCCC(=O)C1=C(COP(=O)(O)O)COC1=O. The van der Waals surface area contributed by atoms with Gasteiger partial charge >= 0.3 is 13.8 Å². The molecule has 1 aliphatic heterocycles. The maximum atomic E-state index is 12.1. The molecule has 0 radical (unpaired) electrons. The lowest BCUT2D eigenvalue weighted by atomic mass is 9.98. The minimum absolute atomic E-state index is 0.114. The van der Waals surface area contributed by atoms with E-state index in [1.807, 2.05) is 0 Å². The van der Waals surface area contributed by atoms with Crippen LogP contribution in [0.1, 0.15) is 46.0 Å². The van der Waals surface area contributed by atoms with Crippen molar-refractivity contribution in [1.82, 2.24) is 0 Å². The molecule has 2 N–H and O–H groups in total. The molecular formula is C14H23O7P. The Morgan fingerprint density at radius 1 is 1.41 bits per heavy atom. The normalized spacial score (nSPS) is 16.8. The number of carbonyl (C=O) groups excluding carboxylic acids is 2. The van der Waals surface area contributed by atoms with Crippen molar-refractivity contribution in [1.29, 1.82) is 0 Å². The van der Waals surface area contributed by atoms with Crippen LogP contribution in [0.25, 0.3) is 0 Å². The van der Waals surface area contributed by atoms with Gasteiger partial charge in [0.2, 0.25) is 0 Å². The van der Waals surface area contributed by atoms with Crippen molar-refractivity contribution in [2.45, 2.75) is 46.0 Å². The van der Waals surface area contributed by atoms with Crippen molar-refractivity contribution in [2.75, 3.05) is 13.2 Å². The molecule has 0 fully saturated rings. The summed E-state index contributed by atoms with van der Waals surface area (Å²) in [6.07, 6.45) is 3.92. The molecule has 0 saturated carbocycles. The Morgan fingerprint density at radius 2 is 2.09 bits per heavy atom. The highest BCUT2D eigenvalue weighted by Crippen LogP contribution is 2.37. The molecule has 1 unspecified atom stereocenters. The van der Waals surface area contributed by atoms with E-state index in [9.17, 15) is 14.2 Å². The summed E-state index contributed by atoms with van der Waals surface area (Å²) in [6.45, 7) is 3.62. The van der Waals surface area contributed by atoms with E-state index in [4.69, 9.17) is 14.5 Å². The maximum absolute atomic E-state index is 12.1. The van der Waals surface area contributed by atoms with E-state index in [1.54, 1.807) is 0 Å². The number of rotatable bonds is 10. The van der Waals surface area contributed by atoms with Crippen LogP contribution in [0.2, 0.25) is 0 Å². The summed E-state index contributed by atoms with van der Waals surface area (Å²) in [5.41, 5.74) is 0.0808. The molecule has 7 nitrogen and oxygen atoms in total. The van der Waals surface area contributed by atoms with Crippen LogP contribution < -0.4 is 0 Å². The third-order valence-corrected chi connectivity index (χ3v) is 4.13. The molecule has 0 bridgehead atoms. The molecule has 0 aromatic rings. The number of Topliss-reactive ketones (excluding diaryl/α,β-unsaturated/α-hetero) is 1. The Hall–Kier alpha value is -1.01. The van der Waals surface area contributed by atoms with Crippen molar-refractivity contribution in [2.24, 2.45) is 5.92 Å². The van der Waals surface area contributed by atoms with Gasteiger partial charge in [0.05, 0.1) is 6.61 Å². The Morgan fingerprint density at radius 3 is 2.68 bits per heavy atom. The highest BCUT2D eigenvalue weighted by Gasteiger charge is 2.31. The number of carbonyl (C=O) groups is 2. The lowest BCUT2D eigenvalue weighted by molar-refractivity contribution is -0.137. The van der Waals surface area contributed by atoms with Crippen LogP contribution >= 0.6 is 7.82 Å². The van der Waals surface area contributed by atoms with Crippen molar-refractivity contribution in [3.8, 4) is 0 Å². The summed E-state index contributed by atoms with van der Waals surface area (Å²) in [7, 11) is -4.65. The van der Waals surface area contributed by atoms with Crippen LogP contribution in [0.3, 0.4) is 0 Å². The Balaban J connectivity index is 2.55. The predicted molar refractivity (Wildman–Crippen MR) is 78.9 cm³/mol. The largest absolute Gasteiger partial charge is 0.469 e. The smallest absolute Gasteiger partial charge is 0.457 e. The molecule has 8 heteroatoms. The first-order chi connectivity index (χ1) is 10.2. The number of esters is 1. The summed E-state index contributed by atoms with van der Waals surface area (Å²) in [5.74, 6) is -0.481. The quantitative estimate of drug-likeness (QED) is 0.272. The van der Waals surface area contributed by atoms with Crippen molar-refractivity contribution in [3.63, 3.8) is 0 Å². The van der Waals surface area contributed by atoms with E-state index in [2.05, 4.69) is 18.4 Å². The van der Waals surface area contributed by atoms with E-state index in [-0.39, 0.29) is 30.0 Å². The van der Waals surface area contributed by atoms with Gasteiger partial charge in [-0.25, -0.2) is 9.36 Å². The van der Waals surface area contributed by atoms with Crippen molar-refractivity contribution >= 4 is 19.6 Å². The number of ether oxygens (including phenoxy) is 1. The molecule has 0 saturated heterocycles. The second-order valence-corrected chi connectivity index (χ2v) is 6.74. The average molecular weight is 334 g/mol. The van der Waals surface area contributed by atoms with Gasteiger partial charge in [-0.05, 0) is 12.3 Å². The molecule has 0 aromatic heterocycles. The van der Waals surface area contributed by atoms with E-state index in [0.717, 1.165) is 19.3 Å². The molecule has 0 aromatic carbocycles. The van der Waals surface area contributed by atoms with Gasteiger partial charge in [0.1, 0.15) is 12.2 Å². The molecular weight excluding hydrogens is 311 g/mol. The zero-order valence-electron chi connectivity index (χ0n) is 12.9. The van der Waals surface area contributed by atoms with E-state index in [0.29, 0.717) is 12.3 Å². The first-order valence-electron chi connectivity index (χ1n) is 7.37. The minimum Gasteiger partial charge on any atom is -0.457 e. The Bertz CT molecular complexity index is 491. The fraction of sp³-hybridized carbons (Fsp3) is 0.714. The highest BCUT2D eigenvalue weighted by atomic mass is 31.2. The maximum Gasteiger partial charge on any atom is 0.469 e. The van der Waals surface area contributed by atoms with Gasteiger partial charge in [0.15, 0.2) is 5.78 Å². The van der Waals surface area contributed by atoms with Gasteiger partial charge in [-0.3, -0.25) is 9.32 Å². The summed E-state index contributed by atoms with van der Waals surface area (Å²) in [4.78, 5) is 41.0. The molecule has 0 spiro atoms. The summed E-state index contributed by atoms with van der Waals surface area (Å²) >= 11 is 0. The molecule has 1 atom stereocenters. The van der Waals surface area contributed by atoms with Crippen molar-refractivity contribution < 1.29 is 33.2 Å². The fourth-order valence-electron chi connectivity index (χ4n) is 2.14. The van der Waals surface area contributed by atoms with Crippen LogP contribution in [-0.2, 0) is 23.4 Å². The Labute approximate surface area is 129 Å². The number of hydrogen-bond acceptors (Lipinski definition) is 5. The summed E-state index contributed by atoms with van der Waals surface area (Å²) in [5, 5.41) is 0. The van der Waals surface area contributed by atoms with Crippen LogP contribution in [0.4, 0.5) is 0 Å². The lowest BCUT2D eigenvalue weighted by Gasteiger charge is -2.08. The zero-order valence-corrected chi connectivity index (χ0v) is 13.8. The first kappa shape index (κ1) is 19.0. The molecule has 1 aliphatic rings. The molecule has 126 valence electrons. The number of hydrogen-bond donors (Lipinski definition) is 2. The van der Waals surface area contributed by atoms with E-state index in [1.165, 1.54) is 0 Å².